The molecule has 0 aromatic heterocycles. The van der Waals surface area contributed by atoms with Crippen LogP contribution in [0.1, 0.15) is 50.2 Å². The van der Waals surface area contributed by atoms with Crippen LogP contribution in [0.15, 0.2) is 59.8 Å². The number of benzene rings is 2. The summed E-state index contributed by atoms with van der Waals surface area (Å²) in [5.74, 6) is 0.363. The summed E-state index contributed by atoms with van der Waals surface area (Å²) >= 11 is 0. The number of piperidine rings is 1. The first-order valence-electron chi connectivity index (χ1n) is 10.0. The number of urea groups is 1. The number of hydrogen-bond donors (Lipinski definition) is 1. The van der Waals surface area contributed by atoms with Crippen LogP contribution in [0.2, 0.25) is 0 Å². The van der Waals surface area contributed by atoms with Gasteiger partial charge in [0, 0.05) is 38.0 Å². The molecule has 0 aliphatic carbocycles. The molecule has 28 heavy (non-hydrogen) atoms. The minimum atomic E-state index is -0.266. The number of hydrogen-bond acceptors (Lipinski definition) is 3. The number of carbonyl (C=O) groups excluding carboxylic acids is 1. The molecule has 2 aliphatic rings. The van der Waals surface area contributed by atoms with E-state index in [1.807, 2.05) is 41.3 Å². The molecule has 0 atom stereocenters. The molecule has 0 bridgehead atoms. The third-order valence-corrected chi connectivity index (χ3v) is 5.73. The Hall–Kier alpha value is -2.82. The summed E-state index contributed by atoms with van der Waals surface area (Å²) < 4.78 is 0. The molecule has 0 radical (unpaired) electrons. The van der Waals surface area contributed by atoms with E-state index in [4.69, 9.17) is 4.84 Å². The van der Waals surface area contributed by atoms with Gasteiger partial charge in [-0.05, 0) is 23.1 Å². The number of nitrogens with zero attached hydrogens (tertiary/aromatic N) is 2. The molecule has 2 aliphatic heterocycles. The number of likely N-dealkylation sites (tertiary alicyclic amines) is 1. The van der Waals surface area contributed by atoms with Crippen molar-refractivity contribution in [1.29, 1.82) is 0 Å². The van der Waals surface area contributed by atoms with E-state index in [9.17, 15) is 4.79 Å². The van der Waals surface area contributed by atoms with E-state index in [2.05, 4.69) is 42.5 Å². The van der Waals surface area contributed by atoms with Gasteiger partial charge < -0.3 is 15.1 Å². The molecule has 1 fully saturated rings. The third kappa shape index (κ3) is 3.75. The van der Waals surface area contributed by atoms with Crippen molar-refractivity contribution in [2.45, 2.75) is 44.6 Å². The lowest BCUT2D eigenvalue weighted by Crippen LogP contribution is -2.48. The number of rotatable bonds is 3. The van der Waals surface area contributed by atoms with Crippen molar-refractivity contribution in [3.05, 3.63) is 65.7 Å². The van der Waals surface area contributed by atoms with Gasteiger partial charge in [-0.15, -0.1) is 0 Å². The van der Waals surface area contributed by atoms with E-state index >= 15 is 0 Å². The van der Waals surface area contributed by atoms with Crippen molar-refractivity contribution < 1.29 is 9.63 Å². The summed E-state index contributed by atoms with van der Waals surface area (Å²) in [6.45, 7) is 5.62. The molecule has 1 saturated heterocycles. The van der Waals surface area contributed by atoms with E-state index in [0.717, 1.165) is 41.8 Å². The van der Waals surface area contributed by atoms with Gasteiger partial charge in [-0.2, -0.15) is 0 Å². The highest BCUT2D eigenvalue weighted by molar-refractivity contribution is 6.01. The maximum Gasteiger partial charge on any atom is 0.321 e. The van der Waals surface area contributed by atoms with Crippen LogP contribution in [0.5, 0.6) is 0 Å². The molecule has 2 aromatic carbocycles. The summed E-state index contributed by atoms with van der Waals surface area (Å²) in [7, 11) is 0. The zero-order valence-electron chi connectivity index (χ0n) is 16.5. The number of oxime groups is 1. The van der Waals surface area contributed by atoms with Gasteiger partial charge in [0.2, 0.25) is 0 Å². The summed E-state index contributed by atoms with van der Waals surface area (Å²) in [6, 6.07) is 18.1. The van der Waals surface area contributed by atoms with Gasteiger partial charge in [-0.1, -0.05) is 67.5 Å². The van der Waals surface area contributed by atoms with Gasteiger partial charge in [-0.3, -0.25) is 0 Å². The summed E-state index contributed by atoms with van der Waals surface area (Å²) in [5, 5.41) is 7.44. The van der Waals surface area contributed by atoms with Crippen LogP contribution in [0.4, 0.5) is 10.5 Å². The van der Waals surface area contributed by atoms with Gasteiger partial charge in [0.05, 0.1) is 5.71 Å². The molecular weight excluding hydrogens is 350 g/mol. The molecule has 2 amide bonds. The molecular formula is C23H27N3O2. The summed E-state index contributed by atoms with van der Waals surface area (Å²) in [6.07, 6.45) is 2.40. The fourth-order valence-electron chi connectivity index (χ4n) is 4.00. The standard InChI is InChI=1S/C23H27N3O2/c1-17(2)19-10-6-7-11-20(19)24-22(27)26-14-12-23(13-15-26)16-21(25-28-23)18-8-4-3-5-9-18/h3-11,17H,12-16H2,1-2H3,(H,24,27). The quantitative estimate of drug-likeness (QED) is 0.818. The summed E-state index contributed by atoms with van der Waals surface area (Å²) in [4.78, 5) is 20.5. The lowest BCUT2D eigenvalue weighted by molar-refractivity contribution is -0.0544. The second-order valence-electron chi connectivity index (χ2n) is 8.01. The van der Waals surface area contributed by atoms with E-state index in [1.54, 1.807) is 0 Å². The zero-order chi connectivity index (χ0) is 19.6. The van der Waals surface area contributed by atoms with Gasteiger partial charge >= 0.3 is 6.03 Å². The fraction of sp³-hybridized carbons (Fsp3) is 0.391. The Labute approximate surface area is 166 Å². The normalized spacial score (nSPS) is 18.1. The number of para-hydroxylation sites is 1. The van der Waals surface area contributed by atoms with Crippen LogP contribution < -0.4 is 5.32 Å². The topological polar surface area (TPSA) is 53.9 Å². The molecule has 146 valence electrons. The van der Waals surface area contributed by atoms with Crippen molar-refractivity contribution >= 4 is 17.4 Å². The number of carbonyl (C=O) groups is 1. The molecule has 2 aromatic rings. The van der Waals surface area contributed by atoms with Crippen LogP contribution in [0.3, 0.4) is 0 Å². The van der Waals surface area contributed by atoms with Crippen molar-refractivity contribution in [1.82, 2.24) is 4.90 Å². The Morgan fingerprint density at radius 3 is 2.46 bits per heavy atom. The molecule has 2 heterocycles. The zero-order valence-corrected chi connectivity index (χ0v) is 16.5. The Kier molecular flexibility index (Phi) is 5.07. The van der Waals surface area contributed by atoms with Gasteiger partial charge in [0.1, 0.15) is 5.60 Å². The molecule has 1 N–H and O–H groups in total. The highest BCUT2D eigenvalue weighted by Crippen LogP contribution is 2.36. The smallest absolute Gasteiger partial charge is 0.321 e. The molecule has 5 heteroatoms. The Morgan fingerprint density at radius 2 is 1.75 bits per heavy atom. The second-order valence-corrected chi connectivity index (χ2v) is 8.01. The molecule has 1 spiro atoms. The van der Waals surface area contributed by atoms with Crippen molar-refractivity contribution in [2.75, 3.05) is 18.4 Å². The minimum Gasteiger partial charge on any atom is -0.388 e. The second kappa shape index (κ2) is 7.66. The first-order chi connectivity index (χ1) is 13.6. The fourth-order valence-corrected chi connectivity index (χ4v) is 4.00. The highest BCUT2D eigenvalue weighted by Gasteiger charge is 2.43. The van der Waals surface area contributed by atoms with Crippen LogP contribution in [-0.2, 0) is 4.84 Å². The minimum absolute atomic E-state index is 0.0369. The van der Waals surface area contributed by atoms with E-state index in [1.165, 1.54) is 0 Å². The van der Waals surface area contributed by atoms with Crippen LogP contribution >= 0.6 is 0 Å². The number of anilines is 1. The Morgan fingerprint density at radius 1 is 1.07 bits per heavy atom. The van der Waals surface area contributed by atoms with Gasteiger partial charge in [0.15, 0.2) is 0 Å². The van der Waals surface area contributed by atoms with Crippen molar-refractivity contribution in [3.63, 3.8) is 0 Å². The van der Waals surface area contributed by atoms with Crippen molar-refractivity contribution in [3.8, 4) is 0 Å². The Bertz CT molecular complexity index is 868. The highest BCUT2D eigenvalue weighted by atomic mass is 16.7. The SMILES string of the molecule is CC(C)c1ccccc1NC(=O)N1CCC2(CC1)CC(c1ccccc1)=NO2. The average molecular weight is 377 g/mol. The maximum absolute atomic E-state index is 12.8. The molecule has 0 saturated carbocycles. The molecule has 5 nitrogen and oxygen atoms in total. The largest absolute Gasteiger partial charge is 0.388 e. The summed E-state index contributed by atoms with van der Waals surface area (Å²) in [5.41, 5.74) is 3.91. The first kappa shape index (κ1) is 18.5. The molecule has 0 unspecified atom stereocenters. The predicted octanol–water partition coefficient (Wildman–Crippen LogP) is 5.00. The van der Waals surface area contributed by atoms with Gasteiger partial charge in [-0.25, -0.2) is 4.79 Å². The lowest BCUT2D eigenvalue weighted by atomic mass is 9.85. The van der Waals surface area contributed by atoms with E-state index in [-0.39, 0.29) is 11.6 Å². The van der Waals surface area contributed by atoms with Gasteiger partial charge in [0.25, 0.3) is 0 Å². The third-order valence-electron chi connectivity index (χ3n) is 5.73. The number of nitrogens with one attached hydrogen (secondary N) is 1. The lowest BCUT2D eigenvalue weighted by Gasteiger charge is -2.37. The predicted molar refractivity (Wildman–Crippen MR) is 112 cm³/mol. The first-order valence-corrected chi connectivity index (χ1v) is 10.0. The Balaban J connectivity index is 1.36. The molecule has 4 rings (SSSR count). The van der Waals surface area contributed by atoms with Crippen LogP contribution in [0.25, 0.3) is 0 Å². The monoisotopic (exact) mass is 377 g/mol. The van der Waals surface area contributed by atoms with E-state index in [0.29, 0.717) is 19.0 Å². The van der Waals surface area contributed by atoms with E-state index < -0.39 is 0 Å². The van der Waals surface area contributed by atoms with Crippen LogP contribution in [-0.4, -0.2) is 35.3 Å². The number of amides is 2. The van der Waals surface area contributed by atoms with Crippen LogP contribution in [0, 0.1) is 0 Å². The average Bonchev–Trinajstić information content (AvgIpc) is 3.13. The maximum atomic E-state index is 12.8. The van der Waals surface area contributed by atoms with Crippen molar-refractivity contribution in [2.24, 2.45) is 5.16 Å².